The highest BCUT2D eigenvalue weighted by Crippen LogP contribution is 2.29. The van der Waals surface area contributed by atoms with E-state index in [0.29, 0.717) is 23.2 Å². The molecule has 0 aliphatic carbocycles. The molecule has 7 heteroatoms. The molecule has 0 amide bonds. The Morgan fingerprint density at radius 2 is 1.81 bits per heavy atom. The number of carbonyl (C=O) groups excluding carboxylic acids is 1. The zero-order valence-electron chi connectivity index (χ0n) is 18.7. The second-order valence-electron chi connectivity index (χ2n) is 8.76. The summed E-state index contributed by atoms with van der Waals surface area (Å²) in [5.41, 5.74) is 4.62. The minimum Gasteiger partial charge on any atom is -0.410 e. The fourth-order valence-electron chi connectivity index (χ4n) is 3.27. The molecule has 0 saturated carbocycles. The van der Waals surface area contributed by atoms with E-state index in [0.717, 1.165) is 17.0 Å². The summed E-state index contributed by atoms with van der Waals surface area (Å²) < 4.78 is 7.82. The van der Waals surface area contributed by atoms with Crippen LogP contribution >= 0.6 is 11.8 Å². The lowest BCUT2D eigenvalue weighted by molar-refractivity contribution is 0.102. The maximum atomic E-state index is 12.4. The Balaban J connectivity index is 1.57. The molecule has 164 valence electrons. The summed E-state index contributed by atoms with van der Waals surface area (Å²) in [4.78, 5) is 12.4. The second-order valence-corrected chi connectivity index (χ2v) is 9.69. The summed E-state index contributed by atoms with van der Waals surface area (Å²) in [7, 11) is 0. The topological polar surface area (TPSA) is 73.8 Å². The lowest BCUT2D eigenvalue weighted by Crippen LogP contribution is -2.13. The van der Waals surface area contributed by atoms with Gasteiger partial charge in [0.2, 0.25) is 0 Å². The molecular weight excluding hydrogens is 420 g/mol. The third-order valence-electron chi connectivity index (χ3n) is 5.01. The fraction of sp³-hybridized carbons (Fsp3) is 0.280. The van der Waals surface area contributed by atoms with Crippen molar-refractivity contribution in [2.45, 2.75) is 44.9 Å². The third kappa shape index (κ3) is 5.16. The van der Waals surface area contributed by atoms with E-state index < -0.39 is 0 Å². The van der Waals surface area contributed by atoms with Crippen LogP contribution in [0.5, 0.6) is 0 Å². The van der Waals surface area contributed by atoms with Crippen molar-refractivity contribution < 1.29 is 9.21 Å². The molecule has 0 spiro atoms. The SMILES string of the molecule is Cc1cccc(Cn2nc(C(C)(C)C)cc2-c2nnc(SCC(=O)c3ccccc3)o2)c1. The van der Waals surface area contributed by atoms with Crippen LogP contribution in [0.15, 0.2) is 70.3 Å². The van der Waals surface area contributed by atoms with E-state index in [9.17, 15) is 4.79 Å². The van der Waals surface area contributed by atoms with Crippen LogP contribution in [0, 0.1) is 6.92 Å². The van der Waals surface area contributed by atoms with Crippen LogP contribution in [0.25, 0.3) is 11.6 Å². The quantitative estimate of drug-likeness (QED) is 0.273. The van der Waals surface area contributed by atoms with E-state index in [1.54, 1.807) is 12.1 Å². The molecular formula is C25H26N4O2S. The Hall–Kier alpha value is -3.19. The molecule has 4 rings (SSSR count). The Kier molecular flexibility index (Phi) is 6.28. The van der Waals surface area contributed by atoms with Crippen LogP contribution in [-0.2, 0) is 12.0 Å². The molecule has 6 nitrogen and oxygen atoms in total. The largest absolute Gasteiger partial charge is 0.410 e. The molecule has 0 saturated heterocycles. The van der Waals surface area contributed by atoms with Crippen molar-refractivity contribution in [3.05, 3.63) is 83.0 Å². The van der Waals surface area contributed by atoms with Gasteiger partial charge < -0.3 is 4.42 Å². The zero-order valence-corrected chi connectivity index (χ0v) is 19.5. The first-order valence-electron chi connectivity index (χ1n) is 10.5. The Bertz CT molecular complexity index is 1220. The molecule has 0 fully saturated rings. The van der Waals surface area contributed by atoms with Crippen LogP contribution in [0.3, 0.4) is 0 Å². The number of ketones is 1. The highest BCUT2D eigenvalue weighted by atomic mass is 32.2. The van der Waals surface area contributed by atoms with Gasteiger partial charge in [-0.2, -0.15) is 5.10 Å². The van der Waals surface area contributed by atoms with E-state index in [1.165, 1.54) is 17.3 Å². The Labute approximate surface area is 192 Å². The van der Waals surface area contributed by atoms with Gasteiger partial charge in [-0.3, -0.25) is 9.48 Å². The highest BCUT2D eigenvalue weighted by Gasteiger charge is 2.23. The molecule has 0 bridgehead atoms. The van der Waals surface area contributed by atoms with E-state index in [4.69, 9.17) is 9.52 Å². The first-order valence-corrected chi connectivity index (χ1v) is 11.5. The smallest absolute Gasteiger partial charge is 0.277 e. The van der Waals surface area contributed by atoms with Crippen molar-refractivity contribution in [3.8, 4) is 11.6 Å². The van der Waals surface area contributed by atoms with Crippen molar-refractivity contribution in [2.75, 3.05) is 5.75 Å². The predicted molar refractivity (Wildman–Crippen MR) is 126 cm³/mol. The van der Waals surface area contributed by atoms with E-state index in [-0.39, 0.29) is 17.0 Å². The molecule has 0 radical (unpaired) electrons. The van der Waals surface area contributed by atoms with Gasteiger partial charge in [-0.1, -0.05) is 92.7 Å². The summed E-state index contributed by atoms with van der Waals surface area (Å²) in [6.45, 7) is 9.05. The molecule has 2 heterocycles. The molecule has 32 heavy (non-hydrogen) atoms. The average Bonchev–Trinajstić information content (AvgIpc) is 3.39. The minimum absolute atomic E-state index is 0.0230. The van der Waals surface area contributed by atoms with Gasteiger partial charge in [0.1, 0.15) is 5.69 Å². The number of thioether (sulfide) groups is 1. The molecule has 0 N–H and O–H groups in total. The first kappa shape index (κ1) is 22.0. The third-order valence-corrected chi connectivity index (χ3v) is 5.83. The molecule has 0 aliphatic rings. The highest BCUT2D eigenvalue weighted by molar-refractivity contribution is 7.99. The van der Waals surface area contributed by atoms with E-state index in [1.807, 2.05) is 35.0 Å². The number of benzene rings is 2. The number of aromatic nitrogens is 4. The molecule has 0 atom stereocenters. The summed E-state index contributed by atoms with van der Waals surface area (Å²) in [6.07, 6.45) is 0. The average molecular weight is 447 g/mol. The van der Waals surface area contributed by atoms with Gasteiger partial charge in [0.25, 0.3) is 11.1 Å². The first-order chi connectivity index (χ1) is 15.3. The van der Waals surface area contributed by atoms with Gasteiger partial charge in [-0.15, -0.1) is 10.2 Å². The molecule has 4 aromatic rings. The second kappa shape index (κ2) is 9.12. The van der Waals surface area contributed by atoms with Crippen LogP contribution < -0.4 is 0 Å². The van der Waals surface area contributed by atoms with Crippen molar-refractivity contribution in [3.63, 3.8) is 0 Å². The van der Waals surface area contributed by atoms with Crippen LogP contribution in [0.2, 0.25) is 0 Å². The summed E-state index contributed by atoms with van der Waals surface area (Å²) in [6, 6.07) is 19.6. The zero-order chi connectivity index (χ0) is 22.7. The van der Waals surface area contributed by atoms with Crippen LogP contribution in [0.4, 0.5) is 0 Å². The predicted octanol–water partition coefficient (Wildman–Crippen LogP) is 5.56. The number of hydrogen-bond donors (Lipinski definition) is 0. The summed E-state index contributed by atoms with van der Waals surface area (Å²) in [5, 5.41) is 13.6. The van der Waals surface area contributed by atoms with Crippen LogP contribution in [0.1, 0.15) is 48.0 Å². The maximum absolute atomic E-state index is 12.4. The maximum Gasteiger partial charge on any atom is 0.277 e. The van der Waals surface area contributed by atoms with E-state index in [2.05, 4.69) is 56.1 Å². The molecule has 0 aliphatic heterocycles. The molecule has 2 aromatic heterocycles. The van der Waals surface area contributed by atoms with Gasteiger partial charge in [0.05, 0.1) is 18.0 Å². The Morgan fingerprint density at radius 1 is 1.03 bits per heavy atom. The number of nitrogens with zero attached hydrogens (tertiary/aromatic N) is 4. The van der Waals surface area contributed by atoms with Gasteiger partial charge in [-0.25, -0.2) is 0 Å². The Morgan fingerprint density at radius 3 is 2.53 bits per heavy atom. The minimum atomic E-state index is -0.119. The van der Waals surface area contributed by atoms with Crippen molar-refractivity contribution >= 4 is 17.5 Å². The lowest BCUT2D eigenvalue weighted by atomic mass is 9.92. The number of aryl methyl sites for hydroxylation is 1. The van der Waals surface area contributed by atoms with Gasteiger partial charge >= 0.3 is 0 Å². The summed E-state index contributed by atoms with van der Waals surface area (Å²) >= 11 is 1.24. The number of rotatable bonds is 7. The fourth-order valence-corrected chi connectivity index (χ4v) is 3.92. The molecule has 2 aromatic carbocycles. The number of carbonyl (C=O) groups is 1. The monoisotopic (exact) mass is 446 g/mol. The van der Waals surface area contributed by atoms with Gasteiger partial charge in [-0.05, 0) is 18.6 Å². The lowest BCUT2D eigenvalue weighted by Gasteiger charge is -2.14. The normalized spacial score (nSPS) is 11.6. The standard InChI is InChI=1S/C25H26N4O2S/c1-17-9-8-10-18(13-17)15-29-20(14-22(28-29)25(2,3)4)23-26-27-24(31-23)32-16-21(30)19-11-6-5-7-12-19/h5-14H,15-16H2,1-4H3. The molecule has 0 unspecified atom stereocenters. The van der Waals surface area contributed by atoms with Gasteiger partial charge in [0.15, 0.2) is 5.78 Å². The number of hydrogen-bond acceptors (Lipinski definition) is 6. The van der Waals surface area contributed by atoms with E-state index >= 15 is 0 Å². The summed E-state index contributed by atoms with van der Waals surface area (Å²) in [5.74, 6) is 0.659. The van der Waals surface area contributed by atoms with Gasteiger partial charge in [0, 0.05) is 11.0 Å². The van der Waals surface area contributed by atoms with Crippen LogP contribution in [-0.4, -0.2) is 31.5 Å². The van der Waals surface area contributed by atoms with Crippen molar-refractivity contribution in [1.82, 2.24) is 20.0 Å². The number of Topliss-reactive ketones (excluding diaryl/α,β-unsaturated/α-hetero) is 1. The van der Waals surface area contributed by atoms with Crippen molar-refractivity contribution in [2.24, 2.45) is 0 Å². The van der Waals surface area contributed by atoms with Crippen molar-refractivity contribution in [1.29, 1.82) is 0 Å².